The summed E-state index contributed by atoms with van der Waals surface area (Å²) in [5.74, 6) is 0. The molecule has 0 unspecified atom stereocenters. The van der Waals surface area contributed by atoms with Gasteiger partial charge in [-0.15, -0.1) is 11.5 Å². The minimum absolute atomic E-state index is 0. The topological polar surface area (TPSA) is 30.2 Å². The summed E-state index contributed by atoms with van der Waals surface area (Å²) in [6.07, 6.45) is 0. The first-order chi connectivity index (χ1) is 5.77. The maximum Gasteiger partial charge on any atom is 0.242 e. The van der Waals surface area contributed by atoms with Gasteiger partial charge in [0, 0.05) is 32.7 Å². The van der Waals surface area contributed by atoms with Crippen LogP contribution >= 0.6 is 0 Å². The Balaban J connectivity index is 0.000000845. The van der Waals surface area contributed by atoms with Crippen molar-refractivity contribution >= 4 is 11.0 Å². The van der Waals surface area contributed by atoms with Gasteiger partial charge >= 0.3 is 0 Å². The van der Waals surface area contributed by atoms with Crippen molar-refractivity contribution in [2.24, 2.45) is 0 Å². The van der Waals surface area contributed by atoms with Crippen molar-refractivity contribution in [2.75, 3.05) is 0 Å². The van der Waals surface area contributed by atoms with Gasteiger partial charge in [0.15, 0.2) is 0 Å². The summed E-state index contributed by atoms with van der Waals surface area (Å²) >= 11 is 0. The predicted octanol–water partition coefficient (Wildman–Crippen LogP) is 1.90. The van der Waals surface area contributed by atoms with Crippen LogP contribution in [0.15, 0.2) is 33.5 Å². The summed E-state index contributed by atoms with van der Waals surface area (Å²) in [6, 6.07) is 10.0. The van der Waals surface area contributed by atoms with Crippen molar-refractivity contribution in [1.29, 1.82) is 0 Å². The van der Waals surface area contributed by atoms with Gasteiger partial charge in [-0.25, -0.2) is 5.56 Å². The number of aryl methyl sites for hydroxylation is 1. The number of hydrogen-bond donors (Lipinski definition) is 0. The molecule has 13 heavy (non-hydrogen) atoms. The number of rotatable bonds is 0. The normalized spacial score (nSPS) is 9.62. The SMILES string of the molecule is Cc1[c-]c(=O)oc2ccccc12.[Y]. The van der Waals surface area contributed by atoms with Gasteiger partial charge in [-0.2, -0.15) is 6.07 Å². The van der Waals surface area contributed by atoms with E-state index in [1.54, 1.807) is 6.07 Å². The van der Waals surface area contributed by atoms with Gasteiger partial charge in [-0.3, -0.25) is 4.79 Å². The van der Waals surface area contributed by atoms with E-state index in [2.05, 4.69) is 6.07 Å². The van der Waals surface area contributed by atoms with Crippen LogP contribution in [0, 0.1) is 13.0 Å². The van der Waals surface area contributed by atoms with E-state index in [9.17, 15) is 4.79 Å². The second kappa shape index (κ2) is 4.16. The monoisotopic (exact) mass is 248 g/mol. The third kappa shape index (κ3) is 2.06. The molecule has 2 rings (SSSR count). The maximum atomic E-state index is 10.9. The Bertz CT molecular complexity index is 474. The Morgan fingerprint density at radius 3 is 2.77 bits per heavy atom. The van der Waals surface area contributed by atoms with E-state index >= 15 is 0 Å². The number of fused-ring (bicyclic) bond motifs is 1. The van der Waals surface area contributed by atoms with Crippen LogP contribution in [-0.2, 0) is 32.7 Å². The Labute approximate surface area is 101 Å². The van der Waals surface area contributed by atoms with Crippen LogP contribution < -0.4 is 5.63 Å². The Hall–Kier alpha value is -0.466. The summed E-state index contributed by atoms with van der Waals surface area (Å²) in [5, 5.41) is 0.942. The molecule has 0 amide bonds. The third-order valence-corrected chi connectivity index (χ3v) is 1.78. The number of para-hydroxylation sites is 1. The first kappa shape index (κ1) is 10.6. The van der Waals surface area contributed by atoms with E-state index in [1.807, 2.05) is 25.1 Å². The molecule has 2 nitrogen and oxygen atoms in total. The van der Waals surface area contributed by atoms with Gasteiger partial charge in [0.2, 0.25) is 5.63 Å². The van der Waals surface area contributed by atoms with Gasteiger partial charge in [0.25, 0.3) is 0 Å². The average Bonchev–Trinajstić information content (AvgIpc) is 2.04. The molecule has 0 saturated carbocycles. The molecule has 1 heterocycles. The van der Waals surface area contributed by atoms with Gasteiger partial charge < -0.3 is 4.42 Å². The molecule has 1 aromatic carbocycles. The molecule has 3 heteroatoms. The minimum atomic E-state index is -0.411. The summed E-state index contributed by atoms with van der Waals surface area (Å²) in [6.45, 7) is 1.85. The van der Waals surface area contributed by atoms with Crippen molar-refractivity contribution < 1.29 is 37.1 Å². The number of hydrogen-bond acceptors (Lipinski definition) is 2. The molecule has 1 radical (unpaired) electrons. The Morgan fingerprint density at radius 2 is 2.00 bits per heavy atom. The smallest absolute Gasteiger partial charge is 0.242 e. The van der Waals surface area contributed by atoms with Crippen LogP contribution in [0.3, 0.4) is 0 Å². The maximum absolute atomic E-state index is 10.9. The summed E-state index contributed by atoms with van der Waals surface area (Å²) < 4.78 is 4.93. The van der Waals surface area contributed by atoms with Crippen molar-refractivity contribution in [1.82, 2.24) is 0 Å². The van der Waals surface area contributed by atoms with Crippen molar-refractivity contribution in [3.8, 4) is 0 Å². The molecular weight excluding hydrogens is 241 g/mol. The quantitative estimate of drug-likeness (QED) is 0.526. The number of benzene rings is 1. The molecule has 0 fully saturated rings. The summed E-state index contributed by atoms with van der Waals surface area (Å²) in [7, 11) is 0. The van der Waals surface area contributed by atoms with E-state index in [-0.39, 0.29) is 32.7 Å². The van der Waals surface area contributed by atoms with Crippen LogP contribution in [0.1, 0.15) is 5.56 Å². The fourth-order valence-corrected chi connectivity index (χ4v) is 1.21. The molecule has 1 aromatic heterocycles. The molecule has 0 bridgehead atoms. The second-order valence-corrected chi connectivity index (χ2v) is 2.64. The van der Waals surface area contributed by atoms with Crippen LogP contribution in [0.25, 0.3) is 11.0 Å². The Kier molecular flexibility index (Phi) is 3.40. The molecule has 0 aliphatic rings. The van der Waals surface area contributed by atoms with Crippen molar-refractivity contribution in [3.63, 3.8) is 0 Å². The fraction of sp³-hybridized carbons (Fsp3) is 0.100. The zero-order chi connectivity index (χ0) is 8.55. The predicted molar refractivity (Wildman–Crippen MR) is 46.1 cm³/mol. The van der Waals surface area contributed by atoms with Gasteiger partial charge in [-0.1, -0.05) is 19.1 Å². The van der Waals surface area contributed by atoms with E-state index in [0.29, 0.717) is 5.58 Å². The van der Waals surface area contributed by atoms with Gasteiger partial charge in [0.1, 0.15) is 0 Å². The van der Waals surface area contributed by atoms with Crippen LogP contribution in [0.4, 0.5) is 0 Å². The first-order valence-corrected chi connectivity index (χ1v) is 3.69. The van der Waals surface area contributed by atoms with Crippen molar-refractivity contribution in [2.45, 2.75) is 6.92 Å². The van der Waals surface area contributed by atoms with E-state index in [0.717, 1.165) is 10.9 Å². The van der Waals surface area contributed by atoms with Crippen LogP contribution in [-0.4, -0.2) is 0 Å². The average molecular weight is 248 g/mol. The van der Waals surface area contributed by atoms with Crippen molar-refractivity contribution in [3.05, 3.63) is 46.3 Å². The zero-order valence-corrected chi connectivity index (χ0v) is 10.0. The summed E-state index contributed by atoms with van der Waals surface area (Å²) in [4.78, 5) is 10.9. The molecule has 0 aliphatic heterocycles. The molecule has 2 aromatic rings. The van der Waals surface area contributed by atoms with Gasteiger partial charge in [0.05, 0.1) is 5.58 Å². The molecule has 0 aliphatic carbocycles. The standard InChI is InChI=1S/C10H7O2.Y/c1-7-6-10(11)12-9-5-3-2-4-8(7)9;/h2-5H,1H3;/q-1;. The van der Waals surface area contributed by atoms with Crippen LogP contribution in [0.5, 0.6) is 0 Å². The first-order valence-electron chi connectivity index (χ1n) is 3.69. The van der Waals surface area contributed by atoms with E-state index in [4.69, 9.17) is 4.42 Å². The summed E-state index contributed by atoms with van der Waals surface area (Å²) in [5.41, 5.74) is 1.05. The molecule has 0 spiro atoms. The largest absolute Gasteiger partial charge is 0.456 e. The molecule has 63 valence electrons. The minimum Gasteiger partial charge on any atom is -0.456 e. The van der Waals surface area contributed by atoms with Gasteiger partial charge in [-0.05, 0) is 6.07 Å². The molecule has 0 atom stereocenters. The van der Waals surface area contributed by atoms with E-state index < -0.39 is 5.63 Å². The molecule has 0 N–H and O–H groups in total. The third-order valence-electron chi connectivity index (χ3n) is 1.78. The molecule has 0 saturated heterocycles. The second-order valence-electron chi connectivity index (χ2n) is 2.64. The van der Waals surface area contributed by atoms with E-state index in [1.165, 1.54) is 0 Å². The van der Waals surface area contributed by atoms with Crippen LogP contribution in [0.2, 0.25) is 0 Å². The zero-order valence-electron chi connectivity index (χ0n) is 7.20. The fourth-order valence-electron chi connectivity index (χ4n) is 1.21. The molecular formula is C10H7O2Y-. The Morgan fingerprint density at radius 1 is 1.31 bits per heavy atom.